The Hall–Kier alpha value is -3.19. The number of aryl methyl sites for hydroxylation is 1. The zero-order chi connectivity index (χ0) is 18.8. The number of aromatic nitrogens is 2. The van der Waals surface area contributed by atoms with Crippen molar-refractivity contribution >= 4 is 28.1 Å². The van der Waals surface area contributed by atoms with Crippen molar-refractivity contribution in [1.29, 1.82) is 0 Å². The minimum atomic E-state index is -0.348. The third kappa shape index (κ3) is 3.54. The summed E-state index contributed by atoms with van der Waals surface area (Å²) in [5, 5.41) is 4.71. The van der Waals surface area contributed by atoms with Crippen LogP contribution in [-0.4, -0.2) is 35.2 Å². The Balaban J connectivity index is 1.63. The van der Waals surface area contributed by atoms with E-state index >= 15 is 0 Å². The Labute approximate surface area is 156 Å². The van der Waals surface area contributed by atoms with Gasteiger partial charge in [0, 0.05) is 29.9 Å². The summed E-state index contributed by atoms with van der Waals surface area (Å²) in [6.45, 7) is 3.26. The van der Waals surface area contributed by atoms with Crippen molar-refractivity contribution in [3.8, 4) is 5.88 Å². The van der Waals surface area contributed by atoms with E-state index in [0.717, 1.165) is 22.8 Å². The molecule has 138 valence electrons. The highest BCUT2D eigenvalue weighted by Gasteiger charge is 2.19. The fourth-order valence-electron chi connectivity index (χ4n) is 3.08. The van der Waals surface area contributed by atoms with Crippen molar-refractivity contribution in [2.24, 2.45) is 0 Å². The second kappa shape index (κ2) is 7.20. The summed E-state index contributed by atoms with van der Waals surface area (Å²) in [5.41, 5.74) is 8.02. The predicted molar refractivity (Wildman–Crippen MR) is 103 cm³/mol. The molecule has 27 heavy (non-hydrogen) atoms. The van der Waals surface area contributed by atoms with E-state index in [0.29, 0.717) is 30.5 Å². The molecule has 1 aliphatic rings. The third-order valence-corrected chi connectivity index (χ3v) is 4.53. The number of hydrogen-bond donors (Lipinski definition) is 2. The summed E-state index contributed by atoms with van der Waals surface area (Å²) in [4.78, 5) is 20.9. The average molecular weight is 364 g/mol. The van der Waals surface area contributed by atoms with Gasteiger partial charge in [0.15, 0.2) is 5.69 Å². The smallest absolute Gasteiger partial charge is 0.276 e. The highest BCUT2D eigenvalue weighted by Crippen LogP contribution is 2.30. The monoisotopic (exact) mass is 364 g/mol. The molecule has 3 N–H and O–H groups in total. The molecular weight excluding hydrogens is 344 g/mol. The molecular formula is C20H20N4O3. The van der Waals surface area contributed by atoms with Gasteiger partial charge in [-0.25, -0.2) is 9.97 Å². The molecule has 0 aliphatic carbocycles. The molecule has 1 aromatic carbocycles. The Morgan fingerprint density at radius 2 is 2.19 bits per heavy atom. The van der Waals surface area contributed by atoms with E-state index < -0.39 is 0 Å². The molecule has 1 fully saturated rings. The van der Waals surface area contributed by atoms with Crippen molar-refractivity contribution in [1.82, 2.24) is 9.97 Å². The van der Waals surface area contributed by atoms with E-state index in [2.05, 4.69) is 15.3 Å². The summed E-state index contributed by atoms with van der Waals surface area (Å²) >= 11 is 0. The average Bonchev–Trinajstić information content (AvgIpc) is 3.18. The van der Waals surface area contributed by atoms with Gasteiger partial charge in [0.1, 0.15) is 6.10 Å². The minimum absolute atomic E-state index is 0.0231. The number of amides is 1. The van der Waals surface area contributed by atoms with Crippen LogP contribution in [0.1, 0.15) is 22.5 Å². The van der Waals surface area contributed by atoms with Gasteiger partial charge >= 0.3 is 0 Å². The maximum absolute atomic E-state index is 12.4. The molecule has 3 heterocycles. The van der Waals surface area contributed by atoms with Gasteiger partial charge in [-0.1, -0.05) is 0 Å². The van der Waals surface area contributed by atoms with Crippen molar-refractivity contribution in [2.45, 2.75) is 19.4 Å². The second-order valence-electron chi connectivity index (χ2n) is 6.51. The number of fused-ring (bicyclic) bond motifs is 1. The number of hydrogen-bond acceptors (Lipinski definition) is 6. The number of nitrogens with one attached hydrogen (secondary N) is 1. The molecule has 7 heteroatoms. The highest BCUT2D eigenvalue weighted by atomic mass is 16.5. The van der Waals surface area contributed by atoms with Crippen LogP contribution in [-0.2, 0) is 4.74 Å². The Bertz CT molecular complexity index is 1000. The van der Waals surface area contributed by atoms with Crippen LogP contribution in [0.25, 0.3) is 10.8 Å². The number of carbonyl (C=O) groups is 1. The molecule has 2 aromatic heterocycles. The minimum Gasteiger partial charge on any atom is -0.471 e. The molecule has 0 unspecified atom stereocenters. The molecule has 0 radical (unpaired) electrons. The fraction of sp³-hybridized carbons (Fsp3) is 0.250. The molecule has 1 amide bonds. The molecule has 3 aromatic rings. The van der Waals surface area contributed by atoms with Crippen LogP contribution in [0.5, 0.6) is 5.88 Å². The lowest BCUT2D eigenvalue weighted by molar-refractivity contribution is 0.102. The van der Waals surface area contributed by atoms with Crippen molar-refractivity contribution in [3.63, 3.8) is 0 Å². The molecule has 7 nitrogen and oxygen atoms in total. The number of pyridine rings is 2. The van der Waals surface area contributed by atoms with E-state index in [9.17, 15) is 4.79 Å². The topological polar surface area (TPSA) is 99.4 Å². The van der Waals surface area contributed by atoms with Crippen LogP contribution < -0.4 is 15.8 Å². The number of carbonyl (C=O) groups excluding carboxylic acids is 1. The summed E-state index contributed by atoms with van der Waals surface area (Å²) in [5.74, 6) is 0.233. The molecule has 0 saturated carbocycles. The molecule has 0 spiro atoms. The van der Waals surface area contributed by atoms with Crippen LogP contribution in [0.15, 0.2) is 42.7 Å². The highest BCUT2D eigenvalue weighted by molar-refractivity contribution is 6.07. The number of nitrogen functional groups attached to an aromatic ring is 1. The summed E-state index contributed by atoms with van der Waals surface area (Å²) < 4.78 is 11.4. The van der Waals surface area contributed by atoms with Gasteiger partial charge < -0.3 is 20.5 Å². The number of anilines is 2. The number of nitrogens with two attached hydrogens (primary N) is 1. The van der Waals surface area contributed by atoms with Gasteiger partial charge in [-0.2, -0.15) is 0 Å². The van der Waals surface area contributed by atoms with Gasteiger partial charge in [0.25, 0.3) is 5.91 Å². The fourth-order valence-corrected chi connectivity index (χ4v) is 3.08. The van der Waals surface area contributed by atoms with Crippen molar-refractivity contribution in [2.75, 3.05) is 24.3 Å². The summed E-state index contributed by atoms with van der Waals surface area (Å²) in [6, 6.07) is 8.96. The largest absolute Gasteiger partial charge is 0.471 e. The van der Waals surface area contributed by atoms with E-state index in [-0.39, 0.29) is 17.7 Å². The van der Waals surface area contributed by atoms with Crippen molar-refractivity contribution in [3.05, 3.63) is 54.0 Å². The lowest BCUT2D eigenvalue weighted by atomic mass is 10.1. The van der Waals surface area contributed by atoms with Crippen molar-refractivity contribution < 1.29 is 14.3 Å². The van der Waals surface area contributed by atoms with Crippen LogP contribution >= 0.6 is 0 Å². The number of nitrogens with zero attached hydrogens (tertiary/aromatic N) is 2. The van der Waals surface area contributed by atoms with Gasteiger partial charge in [-0.3, -0.25) is 4.79 Å². The van der Waals surface area contributed by atoms with Crippen LogP contribution in [0.2, 0.25) is 0 Å². The molecule has 4 rings (SSSR count). The van der Waals surface area contributed by atoms with Gasteiger partial charge in [-0.05, 0) is 48.2 Å². The van der Waals surface area contributed by atoms with E-state index in [1.54, 1.807) is 18.3 Å². The summed E-state index contributed by atoms with van der Waals surface area (Å²) in [6.07, 6.45) is 4.19. The predicted octanol–water partition coefficient (Wildman–Crippen LogP) is 2.94. The van der Waals surface area contributed by atoms with Crippen LogP contribution in [0.4, 0.5) is 11.4 Å². The van der Waals surface area contributed by atoms with Crippen LogP contribution in [0, 0.1) is 6.92 Å². The zero-order valence-corrected chi connectivity index (χ0v) is 14.9. The standard InChI is InChI=1S/C20H20N4O3/c1-12-10-23-20(27-14-6-8-26-11-14)15-5-4-13(9-16(12)15)24-19(25)18-17(21)3-2-7-22-18/h2-5,7,9-10,14H,6,8,11,21H2,1H3,(H,24,25)/t14-/m0/s1. The molecule has 1 atom stereocenters. The number of benzene rings is 1. The van der Waals surface area contributed by atoms with Gasteiger partial charge in [0.05, 0.1) is 18.9 Å². The Kier molecular flexibility index (Phi) is 4.60. The van der Waals surface area contributed by atoms with Gasteiger partial charge in [0.2, 0.25) is 5.88 Å². The third-order valence-electron chi connectivity index (χ3n) is 4.53. The van der Waals surface area contributed by atoms with E-state index in [4.69, 9.17) is 15.2 Å². The maximum atomic E-state index is 12.4. The maximum Gasteiger partial charge on any atom is 0.276 e. The lowest BCUT2D eigenvalue weighted by Crippen LogP contribution is -2.17. The van der Waals surface area contributed by atoms with Gasteiger partial charge in [-0.15, -0.1) is 0 Å². The van der Waals surface area contributed by atoms with E-state index in [1.165, 1.54) is 6.20 Å². The van der Waals surface area contributed by atoms with E-state index in [1.807, 2.05) is 25.1 Å². The quantitative estimate of drug-likeness (QED) is 0.738. The Morgan fingerprint density at radius 3 is 2.96 bits per heavy atom. The lowest BCUT2D eigenvalue weighted by Gasteiger charge is -2.15. The zero-order valence-electron chi connectivity index (χ0n) is 14.9. The first-order chi connectivity index (χ1) is 13.1. The SMILES string of the molecule is Cc1cnc(O[C@H]2CCOC2)c2ccc(NC(=O)c3ncccc3N)cc12. The second-order valence-corrected chi connectivity index (χ2v) is 6.51. The van der Waals surface area contributed by atoms with Crippen LogP contribution in [0.3, 0.4) is 0 Å². The number of ether oxygens (including phenoxy) is 2. The first kappa shape index (κ1) is 17.2. The first-order valence-corrected chi connectivity index (χ1v) is 8.77. The number of rotatable bonds is 4. The summed E-state index contributed by atoms with van der Waals surface area (Å²) in [7, 11) is 0. The first-order valence-electron chi connectivity index (χ1n) is 8.77. The molecule has 1 aliphatic heterocycles. The molecule has 1 saturated heterocycles. The molecule has 0 bridgehead atoms. The normalized spacial score (nSPS) is 16.4. The Morgan fingerprint density at radius 1 is 1.30 bits per heavy atom.